The Balaban J connectivity index is 1.80. The first kappa shape index (κ1) is 19.9. The normalized spacial score (nSPS) is 15.3. The number of fused-ring (bicyclic) bond motifs is 1. The quantitative estimate of drug-likeness (QED) is 0.601. The molecule has 7 heteroatoms. The molecule has 0 spiro atoms. The molecule has 0 radical (unpaired) electrons. The van der Waals surface area contributed by atoms with Crippen LogP contribution in [0.25, 0.3) is 22.6 Å². The Labute approximate surface area is 176 Å². The topological polar surface area (TPSA) is 94.5 Å². The molecule has 156 valence electrons. The summed E-state index contributed by atoms with van der Waals surface area (Å²) in [6, 6.07) is 8.25. The minimum Gasteiger partial charge on any atom is -0.496 e. The van der Waals surface area contributed by atoms with Gasteiger partial charge in [-0.3, -0.25) is 9.20 Å². The van der Waals surface area contributed by atoms with Gasteiger partial charge in [-0.05, 0) is 38.8 Å². The number of allylic oxidation sites excluding steroid dienone is 2. The summed E-state index contributed by atoms with van der Waals surface area (Å²) in [6.07, 6.45) is 8.53. The molecule has 30 heavy (non-hydrogen) atoms. The van der Waals surface area contributed by atoms with Crippen molar-refractivity contribution in [2.75, 3.05) is 12.4 Å². The van der Waals surface area contributed by atoms with Gasteiger partial charge in [0.15, 0.2) is 5.78 Å². The summed E-state index contributed by atoms with van der Waals surface area (Å²) in [7, 11) is 1.57. The number of nitrogens with one attached hydrogen (secondary N) is 1. The number of ether oxygens (including phenoxy) is 1. The lowest BCUT2D eigenvalue weighted by Gasteiger charge is -2.14. The van der Waals surface area contributed by atoms with Crippen molar-refractivity contribution in [2.24, 2.45) is 5.73 Å². The molecule has 0 atom stereocenters. The maximum atomic E-state index is 12.3. The first-order valence-corrected chi connectivity index (χ1v) is 10.2. The number of nitrogens with zero attached hydrogens (tertiary/aromatic N) is 3. The van der Waals surface area contributed by atoms with Crippen LogP contribution in [0.15, 0.2) is 42.4 Å². The molecule has 0 unspecified atom stereocenters. The highest BCUT2D eigenvalue weighted by Gasteiger charge is 2.19. The first-order valence-electron chi connectivity index (χ1n) is 10.2. The van der Waals surface area contributed by atoms with E-state index < -0.39 is 0 Å². The van der Waals surface area contributed by atoms with E-state index in [2.05, 4.69) is 10.3 Å². The van der Waals surface area contributed by atoms with Gasteiger partial charge >= 0.3 is 0 Å². The minimum absolute atomic E-state index is 0.116. The van der Waals surface area contributed by atoms with Gasteiger partial charge in [-0.15, -0.1) is 0 Å². The maximum absolute atomic E-state index is 12.3. The number of hydrogen-bond acceptors (Lipinski definition) is 6. The van der Waals surface area contributed by atoms with Crippen molar-refractivity contribution in [3.05, 3.63) is 47.9 Å². The minimum atomic E-state index is -0.116. The molecule has 1 fully saturated rings. The Kier molecular flexibility index (Phi) is 5.44. The number of carbonyl (C=O) groups excluding carboxylic acids is 1. The maximum Gasteiger partial charge on any atom is 0.162 e. The molecule has 3 heterocycles. The Bertz CT molecular complexity index is 1120. The van der Waals surface area contributed by atoms with Crippen LogP contribution in [0.1, 0.15) is 45.1 Å². The zero-order valence-corrected chi connectivity index (χ0v) is 17.6. The summed E-state index contributed by atoms with van der Waals surface area (Å²) in [5.41, 5.74) is 9.89. The predicted octanol–water partition coefficient (Wildman–Crippen LogP) is 4.04. The third-order valence-corrected chi connectivity index (χ3v) is 5.56. The highest BCUT2D eigenvalue weighted by Crippen LogP contribution is 2.32. The van der Waals surface area contributed by atoms with Crippen LogP contribution < -0.4 is 15.8 Å². The summed E-state index contributed by atoms with van der Waals surface area (Å²) in [4.78, 5) is 21.6. The molecule has 7 nitrogen and oxygen atoms in total. The average Bonchev–Trinajstić information content (AvgIpc) is 3.36. The third kappa shape index (κ3) is 3.75. The number of hydrogen-bond donors (Lipinski definition) is 2. The number of anilines is 1. The molecule has 0 aromatic carbocycles. The standard InChI is InChI=1S/C23H27N5O2/c1-14(24)23(15(2)29)17-13-28-19(12-25-22(28)11-20(17)30-3)18-9-6-10-21(27-18)26-16-7-4-5-8-16/h6,9-13,16H,4-5,7-8,24H2,1-3H3,(H,26,27). The molecule has 0 aliphatic heterocycles. The van der Waals surface area contributed by atoms with E-state index in [1.807, 2.05) is 34.9 Å². The highest BCUT2D eigenvalue weighted by atomic mass is 16.5. The van der Waals surface area contributed by atoms with Crippen molar-refractivity contribution in [1.29, 1.82) is 0 Å². The number of imidazole rings is 1. The summed E-state index contributed by atoms with van der Waals surface area (Å²) < 4.78 is 7.44. The second-order valence-electron chi connectivity index (χ2n) is 7.78. The van der Waals surface area contributed by atoms with Gasteiger partial charge in [0.2, 0.25) is 0 Å². The Morgan fingerprint density at radius 3 is 2.70 bits per heavy atom. The van der Waals surface area contributed by atoms with Crippen molar-refractivity contribution in [1.82, 2.24) is 14.4 Å². The van der Waals surface area contributed by atoms with Crippen LogP contribution in [0, 0.1) is 0 Å². The lowest BCUT2D eigenvalue weighted by Crippen LogP contribution is -2.15. The molecule has 4 rings (SSSR count). The predicted molar refractivity (Wildman–Crippen MR) is 118 cm³/mol. The third-order valence-electron chi connectivity index (χ3n) is 5.56. The molecule has 1 aliphatic carbocycles. The SMILES string of the molecule is COc1cc2ncc(-c3cccc(NC4CCCC4)n3)n2cc1C(C(C)=O)=C(C)N. The van der Waals surface area contributed by atoms with E-state index >= 15 is 0 Å². The van der Waals surface area contributed by atoms with E-state index in [4.69, 9.17) is 15.5 Å². The Hall–Kier alpha value is -3.35. The monoisotopic (exact) mass is 405 g/mol. The highest BCUT2D eigenvalue weighted by molar-refractivity contribution is 6.21. The van der Waals surface area contributed by atoms with Gasteiger partial charge in [0, 0.05) is 35.1 Å². The van der Waals surface area contributed by atoms with Crippen LogP contribution >= 0.6 is 0 Å². The second-order valence-corrected chi connectivity index (χ2v) is 7.78. The molecule has 0 saturated heterocycles. The van der Waals surface area contributed by atoms with Crippen LogP contribution in [-0.4, -0.2) is 33.3 Å². The smallest absolute Gasteiger partial charge is 0.162 e. The number of aromatic nitrogens is 3. The van der Waals surface area contributed by atoms with Gasteiger partial charge in [0.1, 0.15) is 17.2 Å². The van der Waals surface area contributed by atoms with Gasteiger partial charge in [-0.2, -0.15) is 0 Å². The van der Waals surface area contributed by atoms with Crippen LogP contribution in [0.2, 0.25) is 0 Å². The molecule has 0 bridgehead atoms. The molecule has 1 saturated carbocycles. The fourth-order valence-electron chi connectivity index (χ4n) is 4.17. The van der Waals surface area contributed by atoms with Gasteiger partial charge in [0.25, 0.3) is 0 Å². The zero-order chi connectivity index (χ0) is 21.3. The number of rotatable bonds is 6. The van der Waals surface area contributed by atoms with Crippen molar-refractivity contribution in [3.63, 3.8) is 0 Å². The van der Waals surface area contributed by atoms with Gasteiger partial charge in [-0.25, -0.2) is 9.97 Å². The fraction of sp³-hybridized carbons (Fsp3) is 0.348. The summed E-state index contributed by atoms with van der Waals surface area (Å²) in [5.74, 6) is 1.31. The largest absolute Gasteiger partial charge is 0.496 e. The van der Waals surface area contributed by atoms with Gasteiger partial charge in [-0.1, -0.05) is 18.9 Å². The first-order chi connectivity index (χ1) is 14.5. The van der Waals surface area contributed by atoms with E-state index in [0.29, 0.717) is 34.3 Å². The molecular weight excluding hydrogens is 378 g/mol. The summed E-state index contributed by atoms with van der Waals surface area (Å²) in [5, 5.41) is 3.54. The van der Waals surface area contributed by atoms with E-state index in [9.17, 15) is 4.79 Å². The molecule has 3 N–H and O–H groups in total. The van der Waals surface area contributed by atoms with Crippen LogP contribution in [-0.2, 0) is 4.79 Å². The van der Waals surface area contributed by atoms with E-state index in [0.717, 1.165) is 17.2 Å². The van der Waals surface area contributed by atoms with Crippen molar-refractivity contribution in [2.45, 2.75) is 45.6 Å². The van der Waals surface area contributed by atoms with Crippen molar-refractivity contribution >= 4 is 22.8 Å². The number of Topliss-reactive ketones (excluding diaryl/α,β-unsaturated/α-hetero) is 1. The van der Waals surface area contributed by atoms with E-state index in [1.165, 1.54) is 32.6 Å². The summed E-state index contributed by atoms with van der Waals surface area (Å²) in [6.45, 7) is 3.22. The molecule has 3 aromatic heterocycles. The molecule has 1 aliphatic rings. The number of methoxy groups -OCH3 is 1. The van der Waals surface area contributed by atoms with Crippen molar-refractivity contribution < 1.29 is 9.53 Å². The Morgan fingerprint density at radius 1 is 1.27 bits per heavy atom. The van der Waals surface area contributed by atoms with Crippen LogP contribution in [0.3, 0.4) is 0 Å². The molecule has 0 amide bonds. The fourth-order valence-corrected chi connectivity index (χ4v) is 4.17. The number of carbonyl (C=O) groups is 1. The average molecular weight is 406 g/mol. The Morgan fingerprint density at radius 2 is 2.03 bits per heavy atom. The summed E-state index contributed by atoms with van der Waals surface area (Å²) >= 11 is 0. The van der Waals surface area contributed by atoms with Crippen molar-refractivity contribution in [3.8, 4) is 17.1 Å². The zero-order valence-electron chi connectivity index (χ0n) is 17.6. The molecule has 3 aromatic rings. The lowest BCUT2D eigenvalue weighted by atomic mass is 10.0. The second kappa shape index (κ2) is 8.18. The van der Waals surface area contributed by atoms with Crippen LogP contribution in [0.5, 0.6) is 5.75 Å². The number of ketones is 1. The molecular formula is C23H27N5O2. The van der Waals surface area contributed by atoms with E-state index in [1.54, 1.807) is 20.2 Å². The van der Waals surface area contributed by atoms with Gasteiger partial charge in [0.05, 0.1) is 24.7 Å². The number of pyridine rings is 2. The van der Waals surface area contributed by atoms with Crippen LogP contribution in [0.4, 0.5) is 5.82 Å². The lowest BCUT2D eigenvalue weighted by molar-refractivity contribution is -0.111. The number of nitrogens with two attached hydrogens (primary N) is 1. The van der Waals surface area contributed by atoms with Gasteiger partial charge < -0.3 is 15.8 Å². The van der Waals surface area contributed by atoms with E-state index in [-0.39, 0.29) is 5.78 Å².